The van der Waals surface area contributed by atoms with E-state index in [4.69, 9.17) is 0 Å². The molecule has 0 radical (unpaired) electrons. The molecule has 8 heteroatoms. The zero-order chi connectivity index (χ0) is 16.0. The van der Waals surface area contributed by atoms with E-state index < -0.39 is 22.6 Å². The van der Waals surface area contributed by atoms with Gasteiger partial charge in [-0.1, -0.05) is 6.07 Å². The molecule has 0 saturated carbocycles. The van der Waals surface area contributed by atoms with E-state index in [2.05, 4.69) is 5.43 Å². The second kappa shape index (κ2) is 4.62. The van der Waals surface area contributed by atoms with Gasteiger partial charge >= 0.3 is 0 Å². The van der Waals surface area contributed by atoms with Crippen LogP contribution in [0.5, 0.6) is 0 Å². The third-order valence-corrected chi connectivity index (χ3v) is 3.35. The summed E-state index contributed by atoms with van der Waals surface area (Å²) in [5.41, 5.74) is 2.24. The number of hydrazine groups is 1. The van der Waals surface area contributed by atoms with Gasteiger partial charge in [0.1, 0.15) is 0 Å². The number of carbonyl (C=O) groups is 3. The number of nitrogens with one attached hydrogen (secondary N) is 1. The van der Waals surface area contributed by atoms with Gasteiger partial charge in [0, 0.05) is 18.4 Å². The lowest BCUT2D eigenvalue weighted by Gasteiger charge is -2.26. The number of nitrogens with zero attached hydrogens (tertiary/aromatic N) is 2. The van der Waals surface area contributed by atoms with Crippen LogP contribution in [-0.4, -0.2) is 27.7 Å². The molecule has 0 aromatic heterocycles. The largest absolute Gasteiger partial charge is 0.280 e. The zero-order valence-corrected chi connectivity index (χ0v) is 11.3. The van der Waals surface area contributed by atoms with E-state index in [1.54, 1.807) is 0 Å². The minimum absolute atomic E-state index is 0.129. The van der Waals surface area contributed by atoms with E-state index in [9.17, 15) is 24.5 Å². The molecule has 0 aliphatic carbocycles. The molecule has 3 rings (SSSR count). The molecular formula is C14H9N3O5. The van der Waals surface area contributed by atoms with Crippen molar-refractivity contribution < 1.29 is 19.3 Å². The Bertz CT molecular complexity index is 852. The average Bonchev–Trinajstić information content (AvgIpc) is 2.48. The first-order valence-electron chi connectivity index (χ1n) is 6.28. The maximum absolute atomic E-state index is 12.4. The second-order valence-electron chi connectivity index (χ2n) is 4.73. The van der Waals surface area contributed by atoms with Crippen molar-refractivity contribution in [2.24, 2.45) is 0 Å². The zero-order valence-electron chi connectivity index (χ0n) is 11.3. The molecule has 0 spiro atoms. The van der Waals surface area contributed by atoms with Crippen molar-refractivity contribution in [2.45, 2.75) is 6.92 Å². The summed E-state index contributed by atoms with van der Waals surface area (Å²) in [5, 5.41) is 12.1. The number of imide groups is 1. The molecule has 0 unspecified atom stereocenters. The predicted octanol–water partition coefficient (Wildman–Crippen LogP) is 1.40. The maximum Gasteiger partial charge on any atom is 0.280 e. The number of hydrogen-bond acceptors (Lipinski definition) is 5. The molecular weight excluding hydrogens is 290 g/mol. The van der Waals surface area contributed by atoms with E-state index in [1.165, 1.54) is 37.3 Å². The van der Waals surface area contributed by atoms with E-state index in [-0.39, 0.29) is 27.6 Å². The lowest BCUT2D eigenvalue weighted by molar-refractivity contribution is -0.383. The standard InChI is InChI=1S/C14H9N3O5/c1-7(18)15-16-13(19)9-4-2-3-8-11(17(21)22)6-5-10(12(8)9)14(16)20/h2-6H,1H3,(H,15,18). The molecule has 1 aliphatic rings. The molecule has 3 amide bonds. The number of carbonyl (C=O) groups excluding carboxylic acids is 3. The maximum atomic E-state index is 12.4. The van der Waals surface area contributed by atoms with Gasteiger partial charge in [-0.2, -0.15) is 5.01 Å². The number of rotatable bonds is 2. The topological polar surface area (TPSA) is 110 Å². The molecule has 22 heavy (non-hydrogen) atoms. The van der Waals surface area contributed by atoms with Gasteiger partial charge in [0.2, 0.25) is 5.91 Å². The summed E-state index contributed by atoms with van der Waals surface area (Å²) in [7, 11) is 0. The molecule has 1 N–H and O–H groups in total. The van der Waals surface area contributed by atoms with Crippen LogP contribution in [0.15, 0.2) is 30.3 Å². The van der Waals surface area contributed by atoms with Crippen molar-refractivity contribution in [2.75, 3.05) is 0 Å². The fraction of sp³-hybridized carbons (Fsp3) is 0.0714. The van der Waals surface area contributed by atoms with E-state index in [0.29, 0.717) is 5.01 Å². The molecule has 8 nitrogen and oxygen atoms in total. The Labute approximate surface area is 123 Å². The summed E-state index contributed by atoms with van der Waals surface area (Å²) in [4.78, 5) is 46.4. The summed E-state index contributed by atoms with van der Waals surface area (Å²) < 4.78 is 0. The fourth-order valence-corrected chi connectivity index (χ4v) is 2.50. The Morgan fingerprint density at radius 3 is 2.36 bits per heavy atom. The molecule has 2 aromatic carbocycles. The van der Waals surface area contributed by atoms with Crippen LogP contribution in [0.2, 0.25) is 0 Å². The number of non-ortho nitro benzene ring substituents is 1. The molecule has 0 atom stereocenters. The van der Waals surface area contributed by atoms with Gasteiger partial charge in [-0.15, -0.1) is 0 Å². The Morgan fingerprint density at radius 2 is 1.77 bits per heavy atom. The first-order chi connectivity index (χ1) is 10.4. The van der Waals surface area contributed by atoms with Crippen LogP contribution in [0.4, 0.5) is 5.69 Å². The molecule has 0 fully saturated rings. The highest BCUT2D eigenvalue weighted by atomic mass is 16.6. The number of nitro groups is 1. The van der Waals surface area contributed by atoms with Crippen molar-refractivity contribution in [1.82, 2.24) is 10.4 Å². The Kier molecular flexibility index (Phi) is 2.87. The summed E-state index contributed by atoms with van der Waals surface area (Å²) in [5.74, 6) is -2.02. The van der Waals surface area contributed by atoms with Gasteiger partial charge in [0.25, 0.3) is 17.5 Å². The minimum atomic E-state index is -0.723. The van der Waals surface area contributed by atoms with Crippen LogP contribution < -0.4 is 5.43 Å². The van der Waals surface area contributed by atoms with Crippen molar-refractivity contribution in [1.29, 1.82) is 0 Å². The van der Waals surface area contributed by atoms with Gasteiger partial charge in [-0.05, 0) is 18.2 Å². The van der Waals surface area contributed by atoms with E-state index in [0.717, 1.165) is 0 Å². The Balaban J connectivity index is 2.32. The summed E-state index contributed by atoms with van der Waals surface area (Å²) in [6.45, 7) is 1.17. The number of benzene rings is 2. The monoisotopic (exact) mass is 299 g/mol. The Hall–Kier alpha value is -3.29. The molecule has 1 aliphatic heterocycles. The van der Waals surface area contributed by atoms with Crippen LogP contribution in [0.3, 0.4) is 0 Å². The molecule has 1 heterocycles. The quantitative estimate of drug-likeness (QED) is 0.512. The fourth-order valence-electron chi connectivity index (χ4n) is 2.50. The van der Waals surface area contributed by atoms with Gasteiger partial charge in [0.05, 0.1) is 21.4 Å². The normalized spacial score (nSPS) is 13.4. The SMILES string of the molecule is CC(=O)NN1C(=O)c2cccc3c([N+](=O)[O-])ccc(c23)C1=O. The third-order valence-electron chi connectivity index (χ3n) is 3.35. The van der Waals surface area contributed by atoms with Crippen LogP contribution in [0, 0.1) is 10.1 Å². The van der Waals surface area contributed by atoms with E-state index in [1.807, 2.05) is 0 Å². The van der Waals surface area contributed by atoms with Crippen molar-refractivity contribution >= 4 is 34.2 Å². The van der Waals surface area contributed by atoms with Crippen LogP contribution in [-0.2, 0) is 4.79 Å². The smallest absolute Gasteiger partial charge is 0.274 e. The van der Waals surface area contributed by atoms with Crippen LogP contribution in [0.1, 0.15) is 27.6 Å². The van der Waals surface area contributed by atoms with Crippen LogP contribution >= 0.6 is 0 Å². The number of amides is 3. The highest BCUT2D eigenvalue weighted by Gasteiger charge is 2.35. The predicted molar refractivity (Wildman–Crippen MR) is 74.9 cm³/mol. The van der Waals surface area contributed by atoms with Crippen molar-refractivity contribution in [3.8, 4) is 0 Å². The highest BCUT2D eigenvalue weighted by molar-refractivity contribution is 6.26. The highest BCUT2D eigenvalue weighted by Crippen LogP contribution is 2.34. The van der Waals surface area contributed by atoms with Crippen LogP contribution in [0.25, 0.3) is 10.8 Å². The summed E-state index contributed by atoms with van der Waals surface area (Å²) in [6, 6.07) is 6.93. The minimum Gasteiger partial charge on any atom is -0.274 e. The lowest BCUT2D eigenvalue weighted by Crippen LogP contribution is -2.51. The average molecular weight is 299 g/mol. The second-order valence-corrected chi connectivity index (χ2v) is 4.73. The Morgan fingerprint density at radius 1 is 1.14 bits per heavy atom. The molecule has 110 valence electrons. The van der Waals surface area contributed by atoms with Crippen molar-refractivity contribution in [3.05, 3.63) is 51.6 Å². The summed E-state index contributed by atoms with van der Waals surface area (Å²) >= 11 is 0. The lowest BCUT2D eigenvalue weighted by atomic mass is 9.94. The van der Waals surface area contributed by atoms with Crippen molar-refractivity contribution in [3.63, 3.8) is 0 Å². The number of hydrogen-bond donors (Lipinski definition) is 1. The summed E-state index contributed by atoms with van der Waals surface area (Å²) in [6.07, 6.45) is 0. The van der Waals surface area contributed by atoms with E-state index >= 15 is 0 Å². The molecule has 2 aromatic rings. The third kappa shape index (κ3) is 1.81. The number of nitro benzene ring substituents is 1. The van der Waals surface area contributed by atoms with Gasteiger partial charge in [-0.3, -0.25) is 29.9 Å². The molecule has 0 saturated heterocycles. The first-order valence-corrected chi connectivity index (χ1v) is 6.28. The molecule has 0 bridgehead atoms. The van der Waals surface area contributed by atoms with Gasteiger partial charge in [-0.25, -0.2) is 0 Å². The van der Waals surface area contributed by atoms with Gasteiger partial charge < -0.3 is 0 Å². The van der Waals surface area contributed by atoms with Gasteiger partial charge in [0.15, 0.2) is 0 Å². The first kappa shape index (κ1) is 13.7.